The van der Waals surface area contributed by atoms with Gasteiger partial charge in [-0.2, -0.15) is 0 Å². The molecule has 1 heterocycles. The lowest BCUT2D eigenvalue weighted by Gasteiger charge is -2.36. The number of ether oxygens (including phenoxy) is 1. The summed E-state index contributed by atoms with van der Waals surface area (Å²) in [6.07, 6.45) is -1.64. The molecule has 10 heteroatoms. The summed E-state index contributed by atoms with van der Waals surface area (Å²) in [6.45, 7) is 1.44. The van der Waals surface area contributed by atoms with Gasteiger partial charge in [0.15, 0.2) is 0 Å². The van der Waals surface area contributed by atoms with Crippen LogP contribution in [0.5, 0.6) is 5.75 Å². The Labute approximate surface area is 159 Å². The molecule has 2 fully saturated rings. The second-order valence-corrected chi connectivity index (χ2v) is 7.06. The molecular formula is C18H20F3N3O4. The number of hydrogen-bond donors (Lipinski definition) is 2. The van der Waals surface area contributed by atoms with E-state index in [2.05, 4.69) is 15.4 Å². The van der Waals surface area contributed by atoms with Crippen LogP contribution < -0.4 is 15.4 Å². The van der Waals surface area contributed by atoms with E-state index < -0.39 is 42.0 Å². The lowest BCUT2D eigenvalue weighted by Crippen LogP contribution is -2.54. The van der Waals surface area contributed by atoms with Gasteiger partial charge in [0, 0.05) is 5.69 Å². The minimum absolute atomic E-state index is 0.0214. The van der Waals surface area contributed by atoms with Crippen LogP contribution in [0, 0.1) is 5.92 Å². The zero-order chi connectivity index (χ0) is 20.5. The van der Waals surface area contributed by atoms with Gasteiger partial charge in [0.05, 0.1) is 0 Å². The number of carbonyl (C=O) groups excluding carboxylic acids is 3. The topological polar surface area (TPSA) is 87.7 Å². The molecule has 4 amide bonds. The van der Waals surface area contributed by atoms with E-state index in [4.69, 9.17) is 0 Å². The molecule has 2 aliphatic rings. The molecule has 0 radical (unpaired) electrons. The molecule has 3 rings (SSSR count). The molecule has 1 aromatic carbocycles. The Morgan fingerprint density at radius 1 is 1.29 bits per heavy atom. The van der Waals surface area contributed by atoms with E-state index in [-0.39, 0.29) is 11.6 Å². The van der Waals surface area contributed by atoms with Gasteiger partial charge in [0.1, 0.15) is 17.8 Å². The highest BCUT2D eigenvalue weighted by Gasteiger charge is 2.55. The summed E-state index contributed by atoms with van der Waals surface area (Å²) < 4.78 is 40.2. The van der Waals surface area contributed by atoms with Gasteiger partial charge in [-0.15, -0.1) is 13.2 Å². The molecule has 28 heavy (non-hydrogen) atoms. The molecule has 0 aromatic heterocycles. The molecule has 1 spiro atoms. The maximum atomic E-state index is 12.8. The summed E-state index contributed by atoms with van der Waals surface area (Å²) in [5, 5.41) is 5.20. The van der Waals surface area contributed by atoms with Gasteiger partial charge >= 0.3 is 12.4 Å². The number of nitrogens with zero attached hydrogens (tertiary/aromatic N) is 1. The maximum Gasteiger partial charge on any atom is 0.573 e. The van der Waals surface area contributed by atoms with Gasteiger partial charge in [-0.3, -0.25) is 14.5 Å². The number of nitrogens with one attached hydrogen (secondary N) is 2. The third kappa shape index (κ3) is 4.05. The maximum absolute atomic E-state index is 12.8. The molecule has 1 saturated carbocycles. The van der Waals surface area contributed by atoms with E-state index in [1.165, 1.54) is 12.1 Å². The van der Waals surface area contributed by atoms with Crippen molar-refractivity contribution in [2.24, 2.45) is 5.92 Å². The quantitative estimate of drug-likeness (QED) is 0.762. The van der Waals surface area contributed by atoms with Crippen LogP contribution in [0.25, 0.3) is 0 Å². The van der Waals surface area contributed by atoms with Crippen LogP contribution in [0.1, 0.15) is 32.6 Å². The third-order valence-corrected chi connectivity index (χ3v) is 5.17. The van der Waals surface area contributed by atoms with Crippen LogP contribution in [0.3, 0.4) is 0 Å². The smallest absolute Gasteiger partial charge is 0.406 e. The van der Waals surface area contributed by atoms with Crippen molar-refractivity contribution in [1.82, 2.24) is 10.2 Å². The van der Waals surface area contributed by atoms with Crippen molar-refractivity contribution in [3.8, 4) is 5.75 Å². The van der Waals surface area contributed by atoms with Crippen LogP contribution in [0.15, 0.2) is 24.3 Å². The van der Waals surface area contributed by atoms with Crippen LogP contribution >= 0.6 is 0 Å². The van der Waals surface area contributed by atoms with Gasteiger partial charge in [-0.1, -0.05) is 19.8 Å². The Balaban J connectivity index is 1.62. The molecular weight excluding hydrogens is 379 g/mol. The van der Waals surface area contributed by atoms with E-state index in [0.717, 1.165) is 36.3 Å². The fourth-order valence-corrected chi connectivity index (χ4v) is 3.72. The van der Waals surface area contributed by atoms with Gasteiger partial charge in [0.2, 0.25) is 5.91 Å². The molecule has 2 N–H and O–H groups in total. The molecule has 0 bridgehead atoms. The standard InChI is InChI=1S/C18H20F3N3O4/c1-11-4-2-3-9-17(11)15(26)24(16(27)23-17)10-14(25)22-12-5-7-13(8-6-12)28-18(19,20)21/h5-8,11H,2-4,9-10H2,1H3,(H,22,25)(H,23,27)/t11-,17+/m0/s1. The van der Waals surface area contributed by atoms with Crippen LogP contribution in [0.4, 0.5) is 23.7 Å². The van der Waals surface area contributed by atoms with Crippen molar-refractivity contribution < 1.29 is 32.3 Å². The monoisotopic (exact) mass is 399 g/mol. The van der Waals surface area contributed by atoms with Crippen molar-refractivity contribution in [3.05, 3.63) is 24.3 Å². The number of urea groups is 1. The lowest BCUT2D eigenvalue weighted by atomic mass is 9.73. The van der Waals surface area contributed by atoms with E-state index in [1.54, 1.807) is 0 Å². The number of hydrogen-bond acceptors (Lipinski definition) is 4. The van der Waals surface area contributed by atoms with E-state index in [9.17, 15) is 27.6 Å². The molecule has 1 aliphatic heterocycles. The van der Waals surface area contributed by atoms with E-state index in [1.807, 2.05) is 6.92 Å². The second-order valence-electron chi connectivity index (χ2n) is 7.06. The SMILES string of the molecule is C[C@H]1CCCC[C@@]12NC(=O)N(CC(=O)Nc1ccc(OC(F)(F)F)cc1)C2=O. The molecule has 7 nitrogen and oxygen atoms in total. The van der Waals surface area contributed by atoms with Crippen molar-refractivity contribution in [2.45, 2.75) is 44.5 Å². The van der Waals surface area contributed by atoms with Gasteiger partial charge in [-0.25, -0.2) is 4.79 Å². The number of carbonyl (C=O) groups is 3. The molecule has 2 atom stereocenters. The fraction of sp³-hybridized carbons (Fsp3) is 0.500. The lowest BCUT2D eigenvalue weighted by molar-refractivity contribution is -0.274. The Morgan fingerprint density at radius 3 is 2.57 bits per heavy atom. The summed E-state index contributed by atoms with van der Waals surface area (Å²) in [5.74, 6) is -1.48. The number of rotatable bonds is 4. The van der Waals surface area contributed by atoms with Crippen molar-refractivity contribution in [3.63, 3.8) is 0 Å². The number of imide groups is 1. The van der Waals surface area contributed by atoms with Crippen LogP contribution in [0.2, 0.25) is 0 Å². The Kier molecular flexibility index (Phi) is 5.22. The number of benzene rings is 1. The summed E-state index contributed by atoms with van der Waals surface area (Å²) in [7, 11) is 0. The first-order valence-electron chi connectivity index (χ1n) is 8.90. The molecule has 1 aliphatic carbocycles. The highest BCUT2D eigenvalue weighted by atomic mass is 19.4. The van der Waals surface area contributed by atoms with Gasteiger partial charge in [-0.05, 0) is 43.0 Å². The van der Waals surface area contributed by atoms with Crippen molar-refractivity contribution in [2.75, 3.05) is 11.9 Å². The van der Waals surface area contributed by atoms with E-state index >= 15 is 0 Å². The van der Waals surface area contributed by atoms with Crippen LogP contribution in [-0.2, 0) is 9.59 Å². The van der Waals surface area contributed by atoms with Crippen LogP contribution in [-0.4, -0.2) is 41.2 Å². The first kappa shape index (κ1) is 20.0. The summed E-state index contributed by atoms with van der Waals surface area (Å²) in [6, 6.07) is 3.96. The van der Waals surface area contributed by atoms with Gasteiger partial charge < -0.3 is 15.4 Å². The predicted octanol–water partition coefficient (Wildman–Crippen LogP) is 3.02. The number of amides is 4. The van der Waals surface area contributed by atoms with Crippen molar-refractivity contribution >= 4 is 23.5 Å². The van der Waals surface area contributed by atoms with E-state index in [0.29, 0.717) is 6.42 Å². The molecule has 1 saturated heterocycles. The number of anilines is 1. The Morgan fingerprint density at radius 2 is 1.96 bits per heavy atom. The van der Waals surface area contributed by atoms with Crippen molar-refractivity contribution in [1.29, 1.82) is 0 Å². The molecule has 0 unspecified atom stereocenters. The fourth-order valence-electron chi connectivity index (χ4n) is 3.72. The normalized spacial score (nSPS) is 25.0. The highest BCUT2D eigenvalue weighted by Crippen LogP contribution is 2.38. The molecule has 1 aromatic rings. The Hall–Kier alpha value is -2.78. The molecule has 152 valence electrons. The number of alkyl halides is 3. The highest BCUT2D eigenvalue weighted by molar-refractivity contribution is 6.10. The van der Waals surface area contributed by atoms with Gasteiger partial charge in [0.25, 0.3) is 5.91 Å². The summed E-state index contributed by atoms with van der Waals surface area (Å²) in [4.78, 5) is 38.2. The zero-order valence-electron chi connectivity index (χ0n) is 15.1. The predicted molar refractivity (Wildman–Crippen MR) is 92.4 cm³/mol. The second kappa shape index (κ2) is 7.33. The third-order valence-electron chi connectivity index (χ3n) is 5.17. The zero-order valence-corrected chi connectivity index (χ0v) is 15.1. The minimum atomic E-state index is -4.81. The largest absolute Gasteiger partial charge is 0.573 e. The average Bonchev–Trinajstić information content (AvgIpc) is 2.83. The minimum Gasteiger partial charge on any atom is -0.406 e. The number of halogens is 3. The average molecular weight is 399 g/mol. The first-order chi connectivity index (χ1) is 13.1. The Bertz CT molecular complexity index is 781. The summed E-state index contributed by atoms with van der Waals surface area (Å²) in [5.41, 5.74) is -0.737. The summed E-state index contributed by atoms with van der Waals surface area (Å²) >= 11 is 0. The first-order valence-corrected chi connectivity index (χ1v) is 8.90.